The van der Waals surface area contributed by atoms with Crippen LogP contribution in [-0.4, -0.2) is 0 Å². The minimum Gasteiger partial charge on any atom is -0.309 e. The number of anilines is 3. The fraction of sp³-hybridized carbons (Fsp3) is 0. The lowest BCUT2D eigenvalue weighted by atomic mass is 9.77. The highest BCUT2D eigenvalue weighted by Gasteiger charge is 2.26. The molecule has 0 aliphatic heterocycles. The summed E-state index contributed by atoms with van der Waals surface area (Å²) in [5, 5.41) is 10.1. The van der Waals surface area contributed by atoms with Crippen molar-refractivity contribution in [3.8, 4) is 44.5 Å². The van der Waals surface area contributed by atoms with E-state index in [0.29, 0.717) is 0 Å². The van der Waals surface area contributed by atoms with Gasteiger partial charge in [0.15, 0.2) is 0 Å². The van der Waals surface area contributed by atoms with Crippen LogP contribution in [0.3, 0.4) is 0 Å². The molecule has 0 amide bonds. The average molecular weight is 728 g/mol. The van der Waals surface area contributed by atoms with Gasteiger partial charge in [-0.1, -0.05) is 133 Å². The van der Waals surface area contributed by atoms with Gasteiger partial charge in [-0.15, -0.1) is 11.3 Å². The zero-order valence-corrected chi connectivity index (χ0v) is 31.2. The van der Waals surface area contributed by atoms with Crippen LogP contribution in [0.5, 0.6) is 0 Å². The lowest BCUT2D eigenvalue weighted by Gasteiger charge is -2.30. The number of benzene rings is 10. The topological polar surface area (TPSA) is 3.24 Å². The van der Waals surface area contributed by atoms with Gasteiger partial charge in [-0.05, 0) is 133 Å². The zero-order chi connectivity index (χ0) is 36.7. The normalized spacial score (nSPS) is 11.9. The second-order valence-corrected chi connectivity index (χ2v) is 16.0. The number of nitrogens with zero attached hydrogens (tertiary/aromatic N) is 1. The third-order valence-electron chi connectivity index (χ3n) is 11.7. The van der Waals surface area contributed by atoms with Crippen molar-refractivity contribution in [3.63, 3.8) is 0 Å². The van der Waals surface area contributed by atoms with E-state index >= 15 is 0 Å². The molecule has 0 spiro atoms. The molecule has 0 bridgehead atoms. The summed E-state index contributed by atoms with van der Waals surface area (Å²) in [4.78, 5) is 2.50. The number of thiophene rings is 1. The molecule has 0 saturated carbocycles. The van der Waals surface area contributed by atoms with E-state index in [4.69, 9.17) is 0 Å². The molecule has 1 aliphatic rings. The summed E-state index contributed by atoms with van der Waals surface area (Å²) in [5.41, 5.74) is 13.7. The predicted molar refractivity (Wildman–Crippen MR) is 242 cm³/mol. The zero-order valence-electron chi connectivity index (χ0n) is 30.4. The highest BCUT2D eigenvalue weighted by atomic mass is 32.1. The molecule has 0 fully saturated rings. The molecule has 1 aliphatic carbocycles. The number of hydrogen-bond acceptors (Lipinski definition) is 2. The molecule has 10 aromatic carbocycles. The maximum atomic E-state index is 2.50. The molecular weight excluding hydrogens is 695 g/mol. The summed E-state index contributed by atoms with van der Waals surface area (Å²) >= 11 is 1.87. The lowest BCUT2D eigenvalue weighted by molar-refractivity contribution is 1.31. The van der Waals surface area contributed by atoms with Gasteiger partial charge in [0.1, 0.15) is 0 Å². The maximum absolute atomic E-state index is 2.50. The van der Waals surface area contributed by atoms with Crippen LogP contribution < -0.4 is 4.90 Å². The number of fused-ring (bicyclic) bond motifs is 10. The van der Waals surface area contributed by atoms with Crippen LogP contribution in [0, 0.1) is 0 Å². The quantitative estimate of drug-likeness (QED) is 0.171. The minimum atomic E-state index is 1.13. The Hall–Kier alpha value is -7.00. The molecule has 56 heavy (non-hydrogen) atoms. The fourth-order valence-electron chi connectivity index (χ4n) is 8.97. The summed E-state index contributed by atoms with van der Waals surface area (Å²) in [6.07, 6.45) is 0. The fourth-order valence-corrected chi connectivity index (χ4v) is 10.1. The van der Waals surface area contributed by atoms with Crippen molar-refractivity contribution in [2.75, 3.05) is 4.90 Å². The Kier molecular flexibility index (Phi) is 6.87. The van der Waals surface area contributed by atoms with E-state index in [-0.39, 0.29) is 0 Å². The molecule has 1 aromatic heterocycles. The van der Waals surface area contributed by atoms with Crippen LogP contribution in [0.25, 0.3) is 97.0 Å². The molecule has 11 aromatic rings. The molecule has 0 unspecified atom stereocenters. The Balaban J connectivity index is 1.07. The van der Waals surface area contributed by atoms with Crippen LogP contribution in [0.4, 0.5) is 17.1 Å². The first kappa shape index (κ1) is 31.4. The van der Waals surface area contributed by atoms with Crippen LogP contribution in [0.1, 0.15) is 0 Å². The monoisotopic (exact) mass is 727 g/mol. The number of hydrogen-bond donors (Lipinski definition) is 0. The first-order valence-electron chi connectivity index (χ1n) is 19.2. The molecule has 0 radical (unpaired) electrons. The SMILES string of the molecule is c1ccc(-c2ccc3cc4c(cc3c2)-c2cc3cc(N(c5cc6c(cc5-c5ccccc5)sc5ccccc56)c5cccc6ccccc56)ccc3cc2-4)cc1. The second-order valence-electron chi connectivity index (χ2n) is 14.9. The lowest BCUT2D eigenvalue weighted by Crippen LogP contribution is -2.12. The minimum absolute atomic E-state index is 1.13. The van der Waals surface area contributed by atoms with E-state index in [2.05, 4.69) is 205 Å². The molecule has 0 atom stereocenters. The van der Waals surface area contributed by atoms with E-state index in [1.54, 1.807) is 0 Å². The van der Waals surface area contributed by atoms with Crippen molar-refractivity contribution in [1.82, 2.24) is 0 Å². The molecular formula is C54H33NS. The van der Waals surface area contributed by atoms with Crippen LogP contribution in [0.2, 0.25) is 0 Å². The largest absolute Gasteiger partial charge is 0.309 e. The predicted octanol–water partition coefficient (Wildman–Crippen LogP) is 16.0. The van der Waals surface area contributed by atoms with Gasteiger partial charge in [0, 0.05) is 36.8 Å². The van der Waals surface area contributed by atoms with E-state index in [9.17, 15) is 0 Å². The summed E-state index contributed by atoms with van der Waals surface area (Å²) in [6.45, 7) is 0. The van der Waals surface area contributed by atoms with E-state index in [1.165, 1.54) is 97.0 Å². The van der Waals surface area contributed by atoms with Gasteiger partial charge in [-0.3, -0.25) is 0 Å². The summed E-state index contributed by atoms with van der Waals surface area (Å²) in [7, 11) is 0. The molecule has 2 heteroatoms. The van der Waals surface area contributed by atoms with Gasteiger partial charge >= 0.3 is 0 Å². The third kappa shape index (κ3) is 4.86. The molecule has 260 valence electrons. The molecule has 0 N–H and O–H groups in total. The van der Waals surface area contributed by atoms with Crippen LogP contribution >= 0.6 is 11.3 Å². The Bertz CT molecular complexity index is 3350. The first-order chi connectivity index (χ1) is 27.7. The Morgan fingerprint density at radius 1 is 0.286 bits per heavy atom. The van der Waals surface area contributed by atoms with Gasteiger partial charge < -0.3 is 4.90 Å². The maximum Gasteiger partial charge on any atom is 0.0547 e. The van der Waals surface area contributed by atoms with Crippen molar-refractivity contribution in [2.24, 2.45) is 0 Å². The van der Waals surface area contributed by atoms with Gasteiger partial charge in [-0.25, -0.2) is 0 Å². The summed E-state index contributed by atoms with van der Waals surface area (Å²) in [5.74, 6) is 0. The molecule has 1 heterocycles. The second kappa shape index (κ2) is 12.3. The standard InChI is InChI=1S/C54H33NS/c1-3-12-34(13-4-1)37-22-23-38-28-46-47-29-39-24-25-42(27-41(39)31-49(47)48(46)30-40(38)26-37)55(51-20-11-17-35-16-7-8-18-43(35)51)52-32-50-44-19-9-10-21-53(44)56-54(50)33-45(52)36-14-5-2-6-15-36/h1-33H. The molecule has 1 nitrogen and oxygen atoms in total. The highest BCUT2D eigenvalue weighted by molar-refractivity contribution is 7.25. The van der Waals surface area contributed by atoms with E-state index in [1.807, 2.05) is 11.3 Å². The average Bonchev–Trinajstić information content (AvgIpc) is 3.63. The van der Waals surface area contributed by atoms with Crippen molar-refractivity contribution >= 4 is 80.9 Å². The van der Waals surface area contributed by atoms with Gasteiger partial charge in [0.2, 0.25) is 0 Å². The van der Waals surface area contributed by atoms with E-state index in [0.717, 1.165) is 17.1 Å². The third-order valence-corrected chi connectivity index (χ3v) is 12.8. The summed E-state index contributed by atoms with van der Waals surface area (Å²) in [6, 6.07) is 74.1. The van der Waals surface area contributed by atoms with Crippen LogP contribution in [-0.2, 0) is 0 Å². The van der Waals surface area contributed by atoms with Crippen molar-refractivity contribution in [2.45, 2.75) is 0 Å². The van der Waals surface area contributed by atoms with Gasteiger partial charge in [0.25, 0.3) is 0 Å². The van der Waals surface area contributed by atoms with Crippen molar-refractivity contribution < 1.29 is 0 Å². The first-order valence-corrected chi connectivity index (χ1v) is 20.1. The smallest absolute Gasteiger partial charge is 0.0547 e. The molecule has 12 rings (SSSR count). The van der Waals surface area contributed by atoms with E-state index < -0.39 is 0 Å². The Labute approximate surface area is 329 Å². The molecule has 0 saturated heterocycles. The Morgan fingerprint density at radius 2 is 0.893 bits per heavy atom. The summed E-state index contributed by atoms with van der Waals surface area (Å²) < 4.78 is 2.61. The number of rotatable bonds is 5. The highest BCUT2D eigenvalue weighted by Crippen LogP contribution is 2.52. The van der Waals surface area contributed by atoms with Crippen LogP contribution in [0.15, 0.2) is 200 Å². The van der Waals surface area contributed by atoms with Gasteiger partial charge in [0.05, 0.1) is 11.4 Å². The van der Waals surface area contributed by atoms with Crippen molar-refractivity contribution in [3.05, 3.63) is 200 Å². The van der Waals surface area contributed by atoms with Gasteiger partial charge in [-0.2, -0.15) is 0 Å². The van der Waals surface area contributed by atoms with Crippen molar-refractivity contribution in [1.29, 1.82) is 0 Å². The Morgan fingerprint density at radius 3 is 1.66 bits per heavy atom.